The Hall–Kier alpha value is -0.350. The van der Waals surface area contributed by atoms with Crippen LogP contribution in [0.5, 0.6) is 0 Å². The Morgan fingerprint density at radius 1 is 1.47 bits per heavy atom. The maximum Gasteiger partial charge on any atom is 0.0738 e. The van der Waals surface area contributed by atoms with E-state index in [1.54, 1.807) is 0 Å². The van der Waals surface area contributed by atoms with Gasteiger partial charge < -0.3 is 5.73 Å². The van der Waals surface area contributed by atoms with Crippen molar-refractivity contribution >= 4 is 15.9 Å². The van der Waals surface area contributed by atoms with E-state index in [1.165, 1.54) is 31.4 Å². The van der Waals surface area contributed by atoms with E-state index in [-0.39, 0.29) is 6.04 Å². The van der Waals surface area contributed by atoms with Crippen molar-refractivity contribution in [1.29, 1.82) is 0 Å². The normalized spacial score (nSPS) is 25.5. The second-order valence-corrected chi connectivity index (χ2v) is 6.85. The van der Waals surface area contributed by atoms with Crippen LogP contribution in [0.25, 0.3) is 0 Å². The quantitative estimate of drug-likeness (QED) is 0.916. The first-order chi connectivity index (χ1) is 9.02. The number of halogens is 1. The Kier molecular flexibility index (Phi) is 5.07. The summed E-state index contributed by atoms with van der Waals surface area (Å²) in [6.07, 6.45) is 6.23. The van der Waals surface area contributed by atoms with Gasteiger partial charge in [-0.25, -0.2) is 0 Å². The molecule has 0 radical (unpaired) electrons. The summed E-state index contributed by atoms with van der Waals surface area (Å²) in [4.78, 5) is 0. The molecule has 1 heterocycles. The molecule has 0 saturated heterocycles. The molecule has 19 heavy (non-hydrogen) atoms. The third kappa shape index (κ3) is 3.40. The molecular formula is C15H26BrN3. The van der Waals surface area contributed by atoms with Gasteiger partial charge in [-0.15, -0.1) is 0 Å². The van der Waals surface area contributed by atoms with Gasteiger partial charge in [-0.05, 0) is 54.5 Å². The number of rotatable bonds is 4. The number of nitrogens with two attached hydrogens (primary N) is 1. The summed E-state index contributed by atoms with van der Waals surface area (Å²) >= 11 is 3.67. The van der Waals surface area contributed by atoms with Crippen molar-refractivity contribution in [2.24, 2.45) is 17.6 Å². The summed E-state index contributed by atoms with van der Waals surface area (Å²) in [5.41, 5.74) is 8.82. The molecule has 2 rings (SSSR count). The SMILES string of the molecule is CCn1nc(C)c(Br)c1CC(N)C1CCCC(C)C1. The van der Waals surface area contributed by atoms with E-state index in [0.29, 0.717) is 5.92 Å². The van der Waals surface area contributed by atoms with Crippen LogP contribution in [-0.4, -0.2) is 15.8 Å². The fourth-order valence-electron chi connectivity index (χ4n) is 3.32. The fraction of sp³-hybridized carbons (Fsp3) is 0.800. The smallest absolute Gasteiger partial charge is 0.0738 e. The monoisotopic (exact) mass is 327 g/mol. The predicted molar refractivity (Wildman–Crippen MR) is 83.1 cm³/mol. The molecule has 1 aromatic rings. The first kappa shape index (κ1) is 15.0. The van der Waals surface area contributed by atoms with E-state index in [2.05, 4.69) is 39.6 Å². The van der Waals surface area contributed by atoms with Gasteiger partial charge in [-0.1, -0.05) is 19.8 Å². The highest BCUT2D eigenvalue weighted by atomic mass is 79.9. The lowest BCUT2D eigenvalue weighted by molar-refractivity contribution is 0.243. The zero-order valence-corrected chi connectivity index (χ0v) is 13.9. The predicted octanol–water partition coefficient (Wildman–Crippen LogP) is 3.67. The average molecular weight is 328 g/mol. The zero-order chi connectivity index (χ0) is 14.0. The molecule has 2 N–H and O–H groups in total. The summed E-state index contributed by atoms with van der Waals surface area (Å²) in [6, 6.07) is 0.264. The van der Waals surface area contributed by atoms with Gasteiger partial charge in [-0.2, -0.15) is 5.10 Å². The van der Waals surface area contributed by atoms with Crippen LogP contribution >= 0.6 is 15.9 Å². The minimum atomic E-state index is 0.264. The Bertz CT molecular complexity index is 427. The lowest BCUT2D eigenvalue weighted by Crippen LogP contribution is -2.36. The molecule has 1 saturated carbocycles. The standard InChI is InChI=1S/C15H26BrN3/c1-4-19-14(15(16)11(3)18-19)9-13(17)12-7-5-6-10(2)8-12/h10,12-13H,4-9,17H2,1-3H3. The van der Waals surface area contributed by atoms with Crippen molar-refractivity contribution in [1.82, 2.24) is 9.78 Å². The fourth-order valence-corrected chi connectivity index (χ4v) is 3.77. The van der Waals surface area contributed by atoms with Crippen molar-refractivity contribution in [2.45, 2.75) is 65.5 Å². The highest BCUT2D eigenvalue weighted by molar-refractivity contribution is 9.10. The van der Waals surface area contributed by atoms with Crippen molar-refractivity contribution < 1.29 is 0 Å². The van der Waals surface area contributed by atoms with Crippen LogP contribution in [0.4, 0.5) is 0 Å². The topological polar surface area (TPSA) is 43.8 Å². The van der Waals surface area contributed by atoms with Crippen molar-refractivity contribution in [3.63, 3.8) is 0 Å². The first-order valence-electron chi connectivity index (χ1n) is 7.50. The summed E-state index contributed by atoms with van der Waals surface area (Å²) in [5, 5.41) is 4.56. The number of hydrogen-bond donors (Lipinski definition) is 1. The third-order valence-electron chi connectivity index (χ3n) is 4.46. The van der Waals surface area contributed by atoms with E-state index >= 15 is 0 Å². The molecule has 1 fully saturated rings. The summed E-state index contributed by atoms with van der Waals surface area (Å²) in [7, 11) is 0. The number of nitrogens with zero attached hydrogens (tertiary/aromatic N) is 2. The Labute approximate surface area is 125 Å². The molecule has 108 valence electrons. The minimum absolute atomic E-state index is 0.264. The molecule has 0 bridgehead atoms. The molecule has 4 heteroatoms. The van der Waals surface area contributed by atoms with E-state index in [9.17, 15) is 0 Å². The maximum absolute atomic E-state index is 6.48. The van der Waals surface area contributed by atoms with Crippen LogP contribution in [0.2, 0.25) is 0 Å². The Morgan fingerprint density at radius 3 is 2.84 bits per heavy atom. The van der Waals surface area contributed by atoms with Gasteiger partial charge in [0.05, 0.1) is 15.9 Å². The second kappa shape index (κ2) is 6.40. The number of aromatic nitrogens is 2. The number of hydrogen-bond acceptors (Lipinski definition) is 2. The van der Waals surface area contributed by atoms with Crippen molar-refractivity contribution in [3.05, 3.63) is 15.9 Å². The first-order valence-corrected chi connectivity index (χ1v) is 8.29. The van der Waals surface area contributed by atoms with Crippen LogP contribution in [0.3, 0.4) is 0 Å². The van der Waals surface area contributed by atoms with Gasteiger partial charge in [0.1, 0.15) is 0 Å². The molecule has 3 atom stereocenters. The van der Waals surface area contributed by atoms with Gasteiger partial charge in [0.2, 0.25) is 0 Å². The molecule has 3 unspecified atom stereocenters. The summed E-state index contributed by atoms with van der Waals surface area (Å²) in [5.74, 6) is 1.52. The molecule has 1 aromatic heterocycles. The molecule has 0 amide bonds. The largest absolute Gasteiger partial charge is 0.327 e. The average Bonchev–Trinajstić information content (AvgIpc) is 2.66. The molecular weight excluding hydrogens is 302 g/mol. The molecule has 0 spiro atoms. The van der Waals surface area contributed by atoms with Crippen LogP contribution in [0.1, 0.15) is 50.9 Å². The highest BCUT2D eigenvalue weighted by Crippen LogP contribution is 2.32. The lowest BCUT2D eigenvalue weighted by atomic mass is 9.78. The van der Waals surface area contributed by atoms with Gasteiger partial charge in [0, 0.05) is 19.0 Å². The van der Waals surface area contributed by atoms with E-state index in [1.807, 2.05) is 6.92 Å². The summed E-state index contributed by atoms with van der Waals surface area (Å²) < 4.78 is 3.24. The minimum Gasteiger partial charge on any atom is -0.327 e. The van der Waals surface area contributed by atoms with Gasteiger partial charge in [0.15, 0.2) is 0 Å². The lowest BCUT2D eigenvalue weighted by Gasteiger charge is -2.31. The Balaban J connectivity index is 2.07. The van der Waals surface area contributed by atoms with Crippen molar-refractivity contribution in [3.8, 4) is 0 Å². The second-order valence-electron chi connectivity index (χ2n) is 6.06. The molecule has 3 nitrogen and oxygen atoms in total. The molecule has 0 aliphatic heterocycles. The molecule has 1 aliphatic rings. The van der Waals surface area contributed by atoms with Crippen molar-refractivity contribution in [2.75, 3.05) is 0 Å². The van der Waals surface area contributed by atoms with Gasteiger partial charge in [-0.3, -0.25) is 4.68 Å². The van der Waals surface area contributed by atoms with Crippen LogP contribution in [0, 0.1) is 18.8 Å². The van der Waals surface area contributed by atoms with Crippen LogP contribution in [0.15, 0.2) is 4.47 Å². The number of aryl methyl sites for hydroxylation is 2. The molecule has 1 aliphatic carbocycles. The van der Waals surface area contributed by atoms with E-state index < -0.39 is 0 Å². The summed E-state index contributed by atoms with van der Waals surface area (Å²) in [6.45, 7) is 7.45. The maximum atomic E-state index is 6.48. The van der Waals surface area contributed by atoms with Crippen LogP contribution in [-0.2, 0) is 13.0 Å². The Morgan fingerprint density at radius 2 is 2.21 bits per heavy atom. The zero-order valence-electron chi connectivity index (χ0n) is 12.3. The third-order valence-corrected chi connectivity index (χ3v) is 5.50. The van der Waals surface area contributed by atoms with Gasteiger partial charge >= 0.3 is 0 Å². The molecule has 0 aromatic carbocycles. The highest BCUT2D eigenvalue weighted by Gasteiger charge is 2.26. The van der Waals surface area contributed by atoms with Gasteiger partial charge in [0.25, 0.3) is 0 Å². The van der Waals surface area contributed by atoms with E-state index in [0.717, 1.165) is 29.1 Å². The van der Waals surface area contributed by atoms with Crippen LogP contribution < -0.4 is 5.73 Å². The van der Waals surface area contributed by atoms with E-state index in [4.69, 9.17) is 5.73 Å².